The van der Waals surface area contributed by atoms with E-state index in [1.165, 1.54) is 6.42 Å². The lowest BCUT2D eigenvalue weighted by molar-refractivity contribution is 0.161. The van der Waals surface area contributed by atoms with Gasteiger partial charge < -0.3 is 10.4 Å². The molecule has 0 spiro atoms. The molecule has 3 atom stereocenters. The highest BCUT2D eigenvalue weighted by atomic mass is 16.3. The Labute approximate surface area is 108 Å². The molecule has 1 fully saturated rings. The molecule has 0 aliphatic heterocycles. The van der Waals surface area contributed by atoms with Crippen molar-refractivity contribution in [3.63, 3.8) is 0 Å². The van der Waals surface area contributed by atoms with Crippen LogP contribution in [0.5, 0.6) is 0 Å². The van der Waals surface area contributed by atoms with Crippen molar-refractivity contribution < 1.29 is 5.11 Å². The fourth-order valence-electron chi connectivity index (χ4n) is 2.59. The zero-order valence-corrected chi connectivity index (χ0v) is 10.5. The van der Waals surface area contributed by atoms with Crippen LogP contribution in [0, 0.1) is 17.2 Å². The highest BCUT2D eigenvalue weighted by Gasteiger charge is 2.24. The Kier molecular flexibility index (Phi) is 4.74. The molecule has 0 radical (unpaired) electrons. The Balaban J connectivity index is 1.85. The fraction of sp³-hybridized carbons (Fsp3) is 0.533. The quantitative estimate of drug-likeness (QED) is 0.855. The molecule has 2 N–H and O–H groups in total. The molecule has 3 unspecified atom stereocenters. The average molecular weight is 244 g/mol. The van der Waals surface area contributed by atoms with E-state index >= 15 is 0 Å². The monoisotopic (exact) mass is 244 g/mol. The maximum Gasteiger partial charge on any atom is 0.0914 e. The van der Waals surface area contributed by atoms with Crippen LogP contribution < -0.4 is 5.32 Å². The third kappa shape index (κ3) is 3.32. The van der Waals surface area contributed by atoms with Gasteiger partial charge >= 0.3 is 0 Å². The van der Waals surface area contributed by atoms with Gasteiger partial charge in [-0.2, -0.15) is 5.26 Å². The van der Waals surface area contributed by atoms with Crippen molar-refractivity contribution in [2.75, 3.05) is 6.54 Å². The molecule has 0 bridgehead atoms. The third-order valence-electron chi connectivity index (χ3n) is 3.69. The second-order valence-electron chi connectivity index (χ2n) is 4.96. The smallest absolute Gasteiger partial charge is 0.0914 e. The van der Waals surface area contributed by atoms with Crippen molar-refractivity contribution in [1.82, 2.24) is 5.32 Å². The molecule has 18 heavy (non-hydrogen) atoms. The van der Waals surface area contributed by atoms with Crippen LogP contribution >= 0.6 is 0 Å². The molecule has 0 aromatic heterocycles. The molecular weight excluding hydrogens is 224 g/mol. The van der Waals surface area contributed by atoms with Crippen molar-refractivity contribution in [2.24, 2.45) is 5.92 Å². The Morgan fingerprint density at radius 2 is 2.00 bits per heavy atom. The van der Waals surface area contributed by atoms with E-state index in [1.54, 1.807) is 0 Å². The molecule has 3 heteroatoms. The van der Waals surface area contributed by atoms with Gasteiger partial charge in [-0.05, 0) is 18.4 Å². The van der Waals surface area contributed by atoms with E-state index in [0.29, 0.717) is 6.54 Å². The summed E-state index contributed by atoms with van der Waals surface area (Å²) in [6, 6.07) is 12.3. The normalized spacial score (nSPS) is 25.3. The van der Waals surface area contributed by atoms with Gasteiger partial charge in [-0.1, -0.05) is 43.2 Å². The number of hydrogen-bond acceptors (Lipinski definition) is 3. The highest BCUT2D eigenvalue weighted by Crippen LogP contribution is 2.24. The number of nitriles is 1. The topological polar surface area (TPSA) is 56.0 Å². The number of aliphatic hydroxyl groups excluding tert-OH is 1. The summed E-state index contributed by atoms with van der Waals surface area (Å²) in [7, 11) is 0. The largest absolute Gasteiger partial charge is 0.387 e. The minimum atomic E-state index is -0.493. The Hall–Kier alpha value is -1.37. The minimum absolute atomic E-state index is 0.0988. The van der Waals surface area contributed by atoms with Crippen LogP contribution in [0.2, 0.25) is 0 Å². The summed E-state index contributed by atoms with van der Waals surface area (Å²) in [5.41, 5.74) is 0.925. The Morgan fingerprint density at radius 1 is 1.28 bits per heavy atom. The summed E-state index contributed by atoms with van der Waals surface area (Å²) in [5, 5.41) is 22.5. The molecule has 0 saturated heterocycles. The second-order valence-corrected chi connectivity index (χ2v) is 4.96. The molecule has 1 saturated carbocycles. The number of rotatable bonds is 4. The van der Waals surface area contributed by atoms with E-state index in [1.807, 2.05) is 30.3 Å². The van der Waals surface area contributed by atoms with E-state index in [9.17, 15) is 5.11 Å². The molecule has 3 nitrogen and oxygen atoms in total. The second kappa shape index (κ2) is 6.53. The van der Waals surface area contributed by atoms with Crippen LogP contribution in [0.4, 0.5) is 0 Å². The van der Waals surface area contributed by atoms with Gasteiger partial charge in [0.2, 0.25) is 0 Å². The molecule has 1 aliphatic rings. The predicted octanol–water partition coefficient (Wildman–Crippen LogP) is 2.39. The lowest BCUT2D eigenvalue weighted by Crippen LogP contribution is -2.40. The van der Waals surface area contributed by atoms with Gasteiger partial charge in [0.15, 0.2) is 0 Å². The van der Waals surface area contributed by atoms with Gasteiger partial charge in [0, 0.05) is 12.6 Å². The average Bonchev–Trinajstić information content (AvgIpc) is 2.46. The number of nitrogens with zero attached hydrogens (tertiary/aromatic N) is 1. The van der Waals surface area contributed by atoms with E-state index in [2.05, 4.69) is 11.4 Å². The molecule has 0 heterocycles. The standard InChI is InChI=1S/C15H20N2O/c16-10-13-8-4-5-9-14(13)17-11-15(18)12-6-2-1-3-7-12/h1-3,6-7,13-15,17-18H,4-5,8-9,11H2. The lowest BCUT2D eigenvalue weighted by Gasteiger charge is -2.28. The zero-order valence-electron chi connectivity index (χ0n) is 10.5. The van der Waals surface area contributed by atoms with Gasteiger partial charge in [-0.25, -0.2) is 0 Å². The third-order valence-corrected chi connectivity index (χ3v) is 3.69. The first-order valence-electron chi connectivity index (χ1n) is 6.67. The van der Waals surface area contributed by atoms with Gasteiger partial charge in [-0.3, -0.25) is 0 Å². The van der Waals surface area contributed by atoms with Gasteiger partial charge in [0.05, 0.1) is 18.1 Å². The molecular formula is C15H20N2O. The van der Waals surface area contributed by atoms with Crippen LogP contribution in [0.3, 0.4) is 0 Å². The fourth-order valence-corrected chi connectivity index (χ4v) is 2.59. The van der Waals surface area contributed by atoms with Gasteiger partial charge in [0.1, 0.15) is 0 Å². The summed E-state index contributed by atoms with van der Waals surface area (Å²) in [6.45, 7) is 0.521. The van der Waals surface area contributed by atoms with Crippen LogP contribution in [0.15, 0.2) is 30.3 Å². The molecule has 1 aromatic carbocycles. The Morgan fingerprint density at radius 3 is 2.72 bits per heavy atom. The number of nitrogens with one attached hydrogen (secondary N) is 1. The number of hydrogen-bond donors (Lipinski definition) is 2. The number of benzene rings is 1. The molecule has 96 valence electrons. The first-order valence-corrected chi connectivity index (χ1v) is 6.67. The van der Waals surface area contributed by atoms with Crippen molar-refractivity contribution in [2.45, 2.75) is 37.8 Å². The zero-order chi connectivity index (χ0) is 12.8. The van der Waals surface area contributed by atoms with E-state index < -0.39 is 6.10 Å². The first kappa shape index (κ1) is 13.1. The van der Waals surface area contributed by atoms with Crippen molar-refractivity contribution in [1.29, 1.82) is 5.26 Å². The summed E-state index contributed by atoms with van der Waals surface area (Å²) in [6.07, 6.45) is 3.86. The van der Waals surface area contributed by atoms with E-state index in [0.717, 1.165) is 24.8 Å². The van der Waals surface area contributed by atoms with Crippen molar-refractivity contribution in [3.8, 4) is 6.07 Å². The Bertz CT molecular complexity index is 399. The van der Waals surface area contributed by atoms with E-state index in [-0.39, 0.29) is 12.0 Å². The molecule has 0 amide bonds. The number of aliphatic hydroxyl groups is 1. The summed E-state index contributed by atoms with van der Waals surface area (Å²) in [5.74, 6) is 0.0988. The summed E-state index contributed by atoms with van der Waals surface area (Å²) in [4.78, 5) is 0. The van der Waals surface area contributed by atoms with Gasteiger partial charge in [-0.15, -0.1) is 0 Å². The highest BCUT2D eigenvalue weighted by molar-refractivity contribution is 5.17. The maximum absolute atomic E-state index is 10.1. The molecule has 2 rings (SSSR count). The summed E-state index contributed by atoms with van der Waals surface area (Å²) < 4.78 is 0. The van der Waals surface area contributed by atoms with Crippen LogP contribution in [0.25, 0.3) is 0 Å². The SMILES string of the molecule is N#CC1CCCCC1NCC(O)c1ccccc1. The van der Waals surface area contributed by atoms with Crippen molar-refractivity contribution >= 4 is 0 Å². The molecule has 1 aliphatic carbocycles. The first-order chi connectivity index (χ1) is 8.81. The predicted molar refractivity (Wildman–Crippen MR) is 70.8 cm³/mol. The van der Waals surface area contributed by atoms with Gasteiger partial charge in [0.25, 0.3) is 0 Å². The van der Waals surface area contributed by atoms with Crippen molar-refractivity contribution in [3.05, 3.63) is 35.9 Å². The maximum atomic E-state index is 10.1. The van der Waals surface area contributed by atoms with Crippen LogP contribution in [-0.4, -0.2) is 17.7 Å². The van der Waals surface area contributed by atoms with E-state index in [4.69, 9.17) is 5.26 Å². The van der Waals surface area contributed by atoms with Crippen LogP contribution in [-0.2, 0) is 0 Å². The van der Waals surface area contributed by atoms with Crippen LogP contribution in [0.1, 0.15) is 37.4 Å². The minimum Gasteiger partial charge on any atom is -0.387 e. The lowest BCUT2D eigenvalue weighted by atomic mass is 9.85. The summed E-state index contributed by atoms with van der Waals surface area (Å²) >= 11 is 0. The molecule has 1 aromatic rings.